The fourth-order valence-electron chi connectivity index (χ4n) is 1.91. The number of aliphatic hydroxyl groups is 1. The summed E-state index contributed by atoms with van der Waals surface area (Å²) in [5.41, 5.74) is 0.369. The van der Waals surface area contributed by atoms with Crippen molar-refractivity contribution in [1.29, 1.82) is 0 Å². The Morgan fingerprint density at radius 1 is 1.19 bits per heavy atom. The van der Waals surface area contributed by atoms with Crippen molar-refractivity contribution in [3.05, 3.63) is 64.1 Å². The van der Waals surface area contributed by atoms with E-state index in [1.165, 1.54) is 12.1 Å². The van der Waals surface area contributed by atoms with Gasteiger partial charge in [0.15, 0.2) is 6.61 Å². The number of hydrogen-bond acceptors (Lipinski definition) is 2. The summed E-state index contributed by atoms with van der Waals surface area (Å²) in [4.78, 5) is 0. The third-order valence-corrected chi connectivity index (χ3v) is 3.52. The van der Waals surface area contributed by atoms with Crippen molar-refractivity contribution in [2.75, 3.05) is 6.61 Å². The van der Waals surface area contributed by atoms with Crippen LogP contribution in [0, 0.1) is 0 Å². The van der Waals surface area contributed by atoms with E-state index in [9.17, 15) is 13.9 Å². The second-order valence-electron chi connectivity index (χ2n) is 4.72. The molecule has 0 heterocycles. The van der Waals surface area contributed by atoms with Crippen molar-refractivity contribution in [1.82, 2.24) is 0 Å². The van der Waals surface area contributed by atoms with Crippen LogP contribution in [0.5, 0.6) is 5.75 Å². The Morgan fingerprint density at radius 3 is 2.48 bits per heavy atom. The number of benzene rings is 2. The van der Waals surface area contributed by atoms with Gasteiger partial charge in [-0.3, -0.25) is 0 Å². The lowest BCUT2D eigenvalue weighted by Crippen LogP contribution is -2.23. The van der Waals surface area contributed by atoms with E-state index in [0.717, 1.165) is 4.47 Å². The van der Waals surface area contributed by atoms with Crippen LogP contribution >= 0.6 is 15.9 Å². The van der Waals surface area contributed by atoms with E-state index < -0.39 is 18.6 Å². The molecule has 1 atom stereocenters. The molecule has 0 aliphatic heterocycles. The minimum Gasteiger partial charge on any atom is -0.487 e. The Bertz CT molecular complexity index is 600. The maximum atomic E-state index is 14.1. The zero-order valence-electron chi connectivity index (χ0n) is 11.4. The Morgan fingerprint density at radius 2 is 1.86 bits per heavy atom. The Balaban J connectivity index is 2.16. The summed E-state index contributed by atoms with van der Waals surface area (Å²) in [6.45, 7) is 0.780. The Labute approximate surface area is 130 Å². The highest BCUT2D eigenvalue weighted by molar-refractivity contribution is 9.10. The van der Waals surface area contributed by atoms with Crippen LogP contribution < -0.4 is 4.74 Å². The van der Waals surface area contributed by atoms with Gasteiger partial charge in [0.25, 0.3) is 0 Å². The molecule has 0 fully saturated rings. The first-order valence-corrected chi connectivity index (χ1v) is 7.23. The molecule has 2 nitrogen and oxygen atoms in total. The van der Waals surface area contributed by atoms with Gasteiger partial charge in [0, 0.05) is 15.6 Å². The molecule has 1 unspecified atom stereocenters. The first-order valence-electron chi connectivity index (χ1n) is 6.44. The fourth-order valence-corrected chi connectivity index (χ4v) is 2.29. The van der Waals surface area contributed by atoms with E-state index >= 15 is 0 Å². The van der Waals surface area contributed by atoms with Gasteiger partial charge in [-0.25, -0.2) is 0 Å². The maximum Gasteiger partial charge on any atom is 0.306 e. The van der Waals surface area contributed by atoms with E-state index in [4.69, 9.17) is 4.74 Å². The molecular formula is C16H15BrF2O2. The molecule has 0 aliphatic carbocycles. The number of ether oxygens (including phenoxy) is 1. The standard InChI is InChI=1S/C16H15BrF2O2/c1-11(20)14-9-13(17)7-8-15(14)21-10-16(18,19)12-5-3-2-4-6-12/h2-9,11,20H,10H2,1H3. The van der Waals surface area contributed by atoms with Crippen LogP contribution in [0.3, 0.4) is 0 Å². The quantitative estimate of drug-likeness (QED) is 0.843. The van der Waals surface area contributed by atoms with E-state index in [0.29, 0.717) is 5.56 Å². The predicted octanol–water partition coefficient (Wildman–Crippen LogP) is 4.67. The fraction of sp³-hybridized carbons (Fsp3) is 0.250. The van der Waals surface area contributed by atoms with Crippen molar-refractivity contribution in [2.24, 2.45) is 0 Å². The van der Waals surface area contributed by atoms with E-state index in [1.54, 1.807) is 43.3 Å². The number of rotatable bonds is 5. The molecule has 1 N–H and O–H groups in total. The first kappa shape index (κ1) is 15.9. The molecule has 0 aromatic heterocycles. The van der Waals surface area contributed by atoms with Crippen LogP contribution in [-0.4, -0.2) is 11.7 Å². The van der Waals surface area contributed by atoms with Crippen molar-refractivity contribution >= 4 is 15.9 Å². The van der Waals surface area contributed by atoms with E-state index in [2.05, 4.69) is 15.9 Å². The predicted molar refractivity (Wildman–Crippen MR) is 80.6 cm³/mol. The first-order chi connectivity index (χ1) is 9.90. The molecule has 5 heteroatoms. The van der Waals surface area contributed by atoms with Crippen molar-refractivity contribution in [3.63, 3.8) is 0 Å². The van der Waals surface area contributed by atoms with Crippen LogP contribution in [-0.2, 0) is 5.92 Å². The summed E-state index contributed by atoms with van der Waals surface area (Å²) in [5, 5.41) is 9.69. The molecule has 2 aromatic carbocycles. The lowest BCUT2D eigenvalue weighted by Gasteiger charge is -2.19. The summed E-state index contributed by atoms with van der Waals surface area (Å²) in [6.07, 6.45) is -0.803. The Kier molecular flexibility index (Phi) is 4.96. The molecule has 112 valence electrons. The zero-order chi connectivity index (χ0) is 15.5. The summed E-state index contributed by atoms with van der Waals surface area (Å²) >= 11 is 3.28. The average molecular weight is 357 g/mol. The summed E-state index contributed by atoms with van der Waals surface area (Å²) < 4.78 is 34.1. The van der Waals surface area contributed by atoms with Gasteiger partial charge in [-0.05, 0) is 25.1 Å². The van der Waals surface area contributed by atoms with Crippen LogP contribution in [0.4, 0.5) is 8.78 Å². The van der Waals surface area contributed by atoms with Crippen LogP contribution in [0.15, 0.2) is 53.0 Å². The summed E-state index contributed by atoms with van der Waals surface area (Å²) in [6, 6.07) is 12.4. The molecule has 2 rings (SSSR count). The third-order valence-electron chi connectivity index (χ3n) is 3.03. The van der Waals surface area contributed by atoms with Gasteiger partial charge in [0.05, 0.1) is 6.10 Å². The minimum absolute atomic E-state index is 0.0966. The molecule has 2 aromatic rings. The average Bonchev–Trinajstić information content (AvgIpc) is 2.47. The number of hydrogen-bond donors (Lipinski definition) is 1. The minimum atomic E-state index is -3.09. The van der Waals surface area contributed by atoms with Crippen LogP contribution in [0.2, 0.25) is 0 Å². The monoisotopic (exact) mass is 356 g/mol. The van der Waals surface area contributed by atoms with Gasteiger partial charge in [-0.1, -0.05) is 46.3 Å². The van der Waals surface area contributed by atoms with Crippen molar-refractivity contribution in [3.8, 4) is 5.75 Å². The highest BCUT2D eigenvalue weighted by atomic mass is 79.9. The second-order valence-corrected chi connectivity index (χ2v) is 5.63. The molecule has 21 heavy (non-hydrogen) atoms. The molecule has 0 radical (unpaired) electrons. The Hall–Kier alpha value is -1.46. The summed E-state index contributed by atoms with van der Waals surface area (Å²) in [7, 11) is 0. The lowest BCUT2D eigenvalue weighted by atomic mass is 10.1. The third kappa shape index (κ3) is 4.02. The van der Waals surface area contributed by atoms with Gasteiger partial charge in [0.2, 0.25) is 0 Å². The largest absolute Gasteiger partial charge is 0.487 e. The number of halogens is 3. The van der Waals surface area contributed by atoms with Gasteiger partial charge in [0.1, 0.15) is 5.75 Å². The van der Waals surface area contributed by atoms with Crippen LogP contribution in [0.1, 0.15) is 24.2 Å². The highest BCUT2D eigenvalue weighted by Gasteiger charge is 2.32. The second kappa shape index (κ2) is 6.54. The molecular weight excluding hydrogens is 342 g/mol. The van der Waals surface area contributed by atoms with E-state index in [1.807, 2.05) is 0 Å². The zero-order valence-corrected chi connectivity index (χ0v) is 13.0. The molecule has 0 amide bonds. The van der Waals surface area contributed by atoms with Crippen molar-refractivity contribution < 1.29 is 18.6 Å². The summed E-state index contributed by atoms with van der Waals surface area (Å²) in [5.74, 6) is -2.84. The number of alkyl halides is 2. The molecule has 0 aliphatic rings. The van der Waals surface area contributed by atoms with Crippen LogP contribution in [0.25, 0.3) is 0 Å². The SMILES string of the molecule is CC(O)c1cc(Br)ccc1OCC(F)(F)c1ccccc1. The maximum absolute atomic E-state index is 14.1. The molecule has 0 spiro atoms. The smallest absolute Gasteiger partial charge is 0.306 e. The van der Waals surface area contributed by atoms with Gasteiger partial charge in [-0.2, -0.15) is 8.78 Å². The van der Waals surface area contributed by atoms with E-state index in [-0.39, 0.29) is 11.3 Å². The lowest BCUT2D eigenvalue weighted by molar-refractivity contribution is -0.0473. The van der Waals surface area contributed by atoms with Gasteiger partial charge >= 0.3 is 5.92 Å². The normalized spacial score (nSPS) is 13.0. The number of aliphatic hydroxyl groups excluding tert-OH is 1. The topological polar surface area (TPSA) is 29.5 Å². The molecule has 0 saturated carbocycles. The van der Waals surface area contributed by atoms with Crippen molar-refractivity contribution in [2.45, 2.75) is 19.0 Å². The molecule has 0 saturated heterocycles. The molecule has 0 bridgehead atoms. The van der Waals surface area contributed by atoms with Gasteiger partial charge in [-0.15, -0.1) is 0 Å². The highest BCUT2D eigenvalue weighted by Crippen LogP contribution is 2.32. The van der Waals surface area contributed by atoms with Gasteiger partial charge < -0.3 is 9.84 Å².